The smallest absolute Gasteiger partial charge is 0.179 e. The fourth-order valence-corrected chi connectivity index (χ4v) is 5.16. The molecule has 1 unspecified atom stereocenters. The van der Waals surface area contributed by atoms with Crippen molar-refractivity contribution >= 4 is 34.5 Å². The maximum atomic E-state index is 6.09. The van der Waals surface area contributed by atoms with E-state index in [1.54, 1.807) is 0 Å². The van der Waals surface area contributed by atoms with Crippen LogP contribution in [0.2, 0.25) is 0 Å². The van der Waals surface area contributed by atoms with Crippen molar-refractivity contribution in [3.8, 4) is 0 Å². The topological polar surface area (TPSA) is 13.0 Å². The van der Waals surface area contributed by atoms with Gasteiger partial charge in [-0.2, -0.15) is 0 Å². The maximum Gasteiger partial charge on any atom is 0.179 e. The molecule has 1 atom stereocenters. The normalized spacial score (nSPS) is 19.5. The first-order chi connectivity index (χ1) is 14.8. The molecule has 4 nitrogen and oxygen atoms in total. The van der Waals surface area contributed by atoms with Gasteiger partial charge in [-0.25, -0.2) is 0 Å². The van der Waals surface area contributed by atoms with Gasteiger partial charge < -0.3 is 4.90 Å². The minimum absolute atomic E-state index is 0.151. The fraction of sp³-hybridized carbons (Fsp3) is 0.920. The Kier molecular flexibility index (Phi) is 14.4. The molecular weight excluding hydrogens is 420 g/mol. The van der Waals surface area contributed by atoms with Crippen LogP contribution in [0.25, 0.3) is 0 Å². The van der Waals surface area contributed by atoms with E-state index in [2.05, 4.69) is 61.4 Å². The number of rotatable bonds is 18. The lowest BCUT2D eigenvalue weighted by Gasteiger charge is -2.37. The Labute approximate surface area is 204 Å². The van der Waals surface area contributed by atoms with Crippen molar-refractivity contribution in [2.45, 2.75) is 110 Å². The summed E-state index contributed by atoms with van der Waals surface area (Å²) in [5.74, 6) is 0. The zero-order chi connectivity index (χ0) is 23.3. The second kappa shape index (κ2) is 15.5. The highest BCUT2D eigenvalue weighted by atomic mass is 32.1. The molecule has 1 saturated heterocycles. The molecule has 0 saturated carbocycles. The Hall–Kier alpha value is -0.300. The summed E-state index contributed by atoms with van der Waals surface area (Å²) in [4.78, 5) is 10.4. The summed E-state index contributed by atoms with van der Waals surface area (Å²) in [7, 11) is 4.40. The van der Waals surface area contributed by atoms with Gasteiger partial charge in [-0.05, 0) is 65.6 Å². The van der Waals surface area contributed by atoms with Crippen LogP contribution in [0, 0.1) is 0 Å². The van der Waals surface area contributed by atoms with Crippen molar-refractivity contribution in [2.75, 3.05) is 40.5 Å². The zero-order valence-electron chi connectivity index (χ0n) is 21.4. The van der Waals surface area contributed by atoms with Crippen molar-refractivity contribution in [1.82, 2.24) is 19.6 Å². The van der Waals surface area contributed by atoms with Gasteiger partial charge in [-0.1, -0.05) is 90.8 Å². The predicted molar refractivity (Wildman–Crippen MR) is 145 cm³/mol. The largest absolute Gasteiger partial charge is 0.324 e. The van der Waals surface area contributed by atoms with Gasteiger partial charge >= 0.3 is 0 Å². The average Bonchev–Trinajstić information content (AvgIpc) is 2.91. The van der Waals surface area contributed by atoms with Crippen LogP contribution < -0.4 is 0 Å². The van der Waals surface area contributed by atoms with Gasteiger partial charge in [0, 0.05) is 0 Å². The second-order valence-corrected chi connectivity index (χ2v) is 10.5. The highest BCUT2D eigenvalue weighted by Crippen LogP contribution is 2.34. The molecule has 0 aliphatic carbocycles. The average molecular weight is 471 g/mol. The van der Waals surface area contributed by atoms with E-state index in [4.69, 9.17) is 24.4 Å². The molecule has 1 fully saturated rings. The van der Waals surface area contributed by atoms with E-state index in [0.29, 0.717) is 0 Å². The van der Waals surface area contributed by atoms with E-state index in [1.165, 1.54) is 70.6 Å². The van der Waals surface area contributed by atoms with E-state index in [0.717, 1.165) is 42.9 Å². The molecule has 1 aliphatic heterocycles. The first kappa shape index (κ1) is 28.7. The minimum atomic E-state index is -0.151. The fourth-order valence-electron chi connectivity index (χ4n) is 4.34. The maximum absolute atomic E-state index is 6.09. The van der Waals surface area contributed by atoms with Crippen molar-refractivity contribution < 1.29 is 0 Å². The highest BCUT2D eigenvalue weighted by Gasteiger charge is 2.48. The van der Waals surface area contributed by atoms with E-state index in [9.17, 15) is 0 Å². The third-order valence-corrected chi connectivity index (χ3v) is 7.68. The first-order valence-corrected chi connectivity index (χ1v) is 13.6. The third kappa shape index (κ3) is 9.23. The highest BCUT2D eigenvalue weighted by molar-refractivity contribution is 7.82. The van der Waals surface area contributed by atoms with Gasteiger partial charge in [-0.15, -0.1) is 0 Å². The van der Waals surface area contributed by atoms with Crippen molar-refractivity contribution in [1.29, 1.82) is 0 Å². The molecule has 0 aromatic heterocycles. The number of thiocarbonyl (C=S) groups is 2. The van der Waals surface area contributed by atoms with Crippen LogP contribution >= 0.6 is 24.4 Å². The number of nitrogens with zero attached hydrogens (tertiary/aromatic N) is 4. The lowest BCUT2D eigenvalue weighted by Crippen LogP contribution is -2.50. The molecule has 0 bridgehead atoms. The summed E-state index contributed by atoms with van der Waals surface area (Å²) >= 11 is 12.1. The van der Waals surface area contributed by atoms with Gasteiger partial charge in [0.2, 0.25) is 0 Å². The summed E-state index contributed by atoms with van der Waals surface area (Å²) in [6.07, 6.45) is 15.2. The Balaban J connectivity index is 2.81. The summed E-state index contributed by atoms with van der Waals surface area (Å²) in [5, 5.41) is 0.919. The zero-order valence-corrected chi connectivity index (χ0v) is 23.1. The number of hydrogen-bond acceptors (Lipinski definition) is 4. The van der Waals surface area contributed by atoms with Crippen molar-refractivity contribution in [3.05, 3.63) is 0 Å². The van der Waals surface area contributed by atoms with Gasteiger partial charge in [0.1, 0.15) is 4.99 Å². The Morgan fingerprint density at radius 2 is 1.19 bits per heavy atom. The Bertz CT molecular complexity index is 528. The monoisotopic (exact) mass is 470 g/mol. The second-order valence-electron chi connectivity index (χ2n) is 9.74. The van der Waals surface area contributed by atoms with Crippen LogP contribution in [0.1, 0.15) is 105 Å². The van der Waals surface area contributed by atoms with E-state index in [1.807, 2.05) is 0 Å². The van der Waals surface area contributed by atoms with Crippen LogP contribution in [0.5, 0.6) is 0 Å². The van der Waals surface area contributed by atoms with E-state index >= 15 is 0 Å². The molecule has 0 spiro atoms. The summed E-state index contributed by atoms with van der Waals surface area (Å²) in [5.41, 5.74) is -0.151. The van der Waals surface area contributed by atoms with E-state index < -0.39 is 0 Å². The SMILES string of the molecule is CCCCCCCCCC1(C)C(=S)N(CN(C)CCCC)C(=S)N1CN(C)CCCC. The van der Waals surface area contributed by atoms with Crippen LogP contribution in [-0.2, 0) is 0 Å². The van der Waals surface area contributed by atoms with Crippen LogP contribution in [0.4, 0.5) is 0 Å². The van der Waals surface area contributed by atoms with Crippen molar-refractivity contribution in [3.63, 3.8) is 0 Å². The van der Waals surface area contributed by atoms with Gasteiger partial charge in [0.15, 0.2) is 5.11 Å². The minimum Gasteiger partial charge on any atom is -0.324 e. The number of hydrogen-bond donors (Lipinski definition) is 0. The molecule has 0 radical (unpaired) electrons. The molecule has 0 N–H and O–H groups in total. The Morgan fingerprint density at radius 3 is 1.74 bits per heavy atom. The third-order valence-electron chi connectivity index (χ3n) is 6.58. The molecule has 182 valence electrons. The standard InChI is InChI=1S/C25H50N4S2/c1-7-10-13-14-15-16-17-18-25(4)23(30)28(21-26(5)19-11-8-2)24(31)29(25)22-27(6)20-12-9-3/h7-22H2,1-6H3. The first-order valence-electron chi connectivity index (χ1n) is 12.8. The summed E-state index contributed by atoms with van der Waals surface area (Å²) in [6.45, 7) is 13.0. The van der Waals surface area contributed by atoms with Crippen LogP contribution in [-0.4, -0.2) is 75.8 Å². The number of unbranched alkanes of at least 4 members (excludes halogenated alkanes) is 8. The van der Waals surface area contributed by atoms with Crippen molar-refractivity contribution in [2.24, 2.45) is 0 Å². The lowest BCUT2D eigenvalue weighted by molar-refractivity contribution is 0.160. The van der Waals surface area contributed by atoms with Crippen LogP contribution in [0.15, 0.2) is 0 Å². The molecule has 0 aromatic carbocycles. The molecule has 0 aromatic rings. The molecule has 1 rings (SSSR count). The Morgan fingerprint density at radius 1 is 0.710 bits per heavy atom. The molecule has 6 heteroatoms. The molecule has 31 heavy (non-hydrogen) atoms. The van der Waals surface area contributed by atoms with Crippen LogP contribution in [0.3, 0.4) is 0 Å². The molecule has 1 aliphatic rings. The van der Waals surface area contributed by atoms with Gasteiger partial charge in [-0.3, -0.25) is 14.7 Å². The van der Waals surface area contributed by atoms with Gasteiger partial charge in [0.25, 0.3) is 0 Å². The summed E-state index contributed by atoms with van der Waals surface area (Å²) < 4.78 is 0. The summed E-state index contributed by atoms with van der Waals surface area (Å²) in [6, 6.07) is 0. The van der Waals surface area contributed by atoms with E-state index in [-0.39, 0.29) is 5.54 Å². The van der Waals surface area contributed by atoms with Gasteiger partial charge in [0.05, 0.1) is 18.9 Å². The molecule has 1 heterocycles. The molecular formula is C25H50N4S2. The lowest BCUT2D eigenvalue weighted by atomic mass is 9.93. The quantitative estimate of drug-likeness (QED) is 0.166. The predicted octanol–water partition coefficient (Wildman–Crippen LogP) is 6.49. The molecule has 0 amide bonds.